The van der Waals surface area contributed by atoms with Crippen LogP contribution < -0.4 is 4.74 Å². The van der Waals surface area contributed by atoms with Gasteiger partial charge in [0.2, 0.25) is 5.94 Å². The van der Waals surface area contributed by atoms with E-state index in [1.165, 1.54) is 4.31 Å². The van der Waals surface area contributed by atoms with Crippen LogP contribution >= 0.6 is 0 Å². The highest BCUT2D eigenvalue weighted by molar-refractivity contribution is 7.88. The maximum Gasteiger partial charge on any atom is 0.310 e. The average molecular weight is 413 g/mol. The molecule has 0 aliphatic carbocycles. The van der Waals surface area contributed by atoms with Gasteiger partial charge >= 0.3 is 5.97 Å². The van der Waals surface area contributed by atoms with Gasteiger partial charge in [0.15, 0.2) is 6.23 Å². The fourth-order valence-electron chi connectivity index (χ4n) is 3.58. The molecule has 0 N–H and O–H groups in total. The van der Waals surface area contributed by atoms with Crippen LogP contribution in [0.15, 0.2) is 24.5 Å². The van der Waals surface area contributed by atoms with Gasteiger partial charge in [-0.05, 0) is 50.7 Å². The Kier molecular flexibility index (Phi) is 7.25. The molecule has 1 aromatic heterocycles. The summed E-state index contributed by atoms with van der Waals surface area (Å²) in [5, 5.41) is 0. The topological polar surface area (TPSA) is 95.0 Å². The van der Waals surface area contributed by atoms with E-state index in [0.29, 0.717) is 38.2 Å². The Morgan fingerprint density at radius 2 is 2.07 bits per heavy atom. The number of nitrogens with zero attached hydrogens (tertiary/aromatic N) is 2. The van der Waals surface area contributed by atoms with Crippen LogP contribution in [-0.4, -0.2) is 55.1 Å². The zero-order chi connectivity index (χ0) is 20.0. The Morgan fingerprint density at radius 1 is 1.29 bits per heavy atom. The van der Waals surface area contributed by atoms with E-state index in [1.54, 1.807) is 24.5 Å². The lowest BCUT2D eigenvalue weighted by Gasteiger charge is -2.34. The van der Waals surface area contributed by atoms with Crippen molar-refractivity contribution in [1.82, 2.24) is 9.29 Å². The lowest BCUT2D eigenvalue weighted by Crippen LogP contribution is -2.48. The molecule has 0 bridgehead atoms. The fraction of sp³-hybridized carbons (Fsp3) is 0.684. The Morgan fingerprint density at radius 3 is 2.82 bits per heavy atom. The summed E-state index contributed by atoms with van der Waals surface area (Å²) < 4.78 is 43.6. The molecule has 1 aromatic rings. The summed E-state index contributed by atoms with van der Waals surface area (Å²) >= 11 is 0. The largest absolute Gasteiger partial charge is 0.474 e. The first-order valence-corrected chi connectivity index (χ1v) is 11.4. The molecule has 2 saturated heterocycles. The summed E-state index contributed by atoms with van der Waals surface area (Å²) in [5.41, 5.74) is 0. The number of esters is 1. The molecule has 3 unspecified atom stereocenters. The molecule has 9 heteroatoms. The Labute approximate surface area is 166 Å². The highest BCUT2D eigenvalue weighted by Gasteiger charge is 2.36. The summed E-state index contributed by atoms with van der Waals surface area (Å²) in [7, 11) is -3.79. The zero-order valence-electron chi connectivity index (χ0n) is 16.2. The average Bonchev–Trinajstić information content (AvgIpc) is 2.73. The summed E-state index contributed by atoms with van der Waals surface area (Å²) in [5.74, 6) is -0.865. The summed E-state index contributed by atoms with van der Waals surface area (Å²) in [4.78, 5) is 16.3. The minimum absolute atomic E-state index is 0.0307. The van der Waals surface area contributed by atoms with Gasteiger partial charge in [-0.1, -0.05) is 6.92 Å². The summed E-state index contributed by atoms with van der Waals surface area (Å²) in [6, 6.07) is 3.38. The molecule has 2 aliphatic rings. The molecule has 3 atom stereocenters. The highest BCUT2D eigenvalue weighted by atomic mass is 32.2. The molecule has 3 rings (SSSR count). The van der Waals surface area contributed by atoms with Crippen LogP contribution in [0, 0.1) is 5.92 Å². The SMILES string of the molecule is CCC1CC(C(=O)OCS(=O)(=O)N2CCCCC2Oc2ccncc2)CCO1. The van der Waals surface area contributed by atoms with E-state index < -0.39 is 28.2 Å². The number of ether oxygens (including phenoxy) is 3. The van der Waals surface area contributed by atoms with Crippen molar-refractivity contribution in [2.45, 2.75) is 57.8 Å². The molecule has 0 spiro atoms. The lowest BCUT2D eigenvalue weighted by molar-refractivity contribution is -0.151. The maximum absolute atomic E-state index is 12.8. The van der Waals surface area contributed by atoms with E-state index in [4.69, 9.17) is 14.2 Å². The van der Waals surface area contributed by atoms with E-state index in [9.17, 15) is 13.2 Å². The van der Waals surface area contributed by atoms with Crippen molar-refractivity contribution in [2.24, 2.45) is 5.92 Å². The molecule has 0 radical (unpaired) electrons. The molecule has 8 nitrogen and oxygen atoms in total. The van der Waals surface area contributed by atoms with Crippen molar-refractivity contribution in [2.75, 3.05) is 19.1 Å². The number of rotatable bonds is 7. The molecule has 0 aromatic carbocycles. The van der Waals surface area contributed by atoms with Crippen molar-refractivity contribution in [3.05, 3.63) is 24.5 Å². The molecular formula is C19H28N2O6S. The van der Waals surface area contributed by atoms with Gasteiger partial charge in [-0.25, -0.2) is 8.42 Å². The second-order valence-electron chi connectivity index (χ2n) is 7.18. The predicted octanol–water partition coefficient (Wildman–Crippen LogP) is 2.31. The second-order valence-corrected chi connectivity index (χ2v) is 9.05. The van der Waals surface area contributed by atoms with Crippen molar-refractivity contribution in [3.8, 4) is 5.75 Å². The smallest absolute Gasteiger partial charge is 0.310 e. The molecule has 28 heavy (non-hydrogen) atoms. The molecule has 156 valence electrons. The first-order valence-electron chi connectivity index (χ1n) is 9.84. The number of piperidine rings is 1. The molecule has 2 fully saturated rings. The Bertz CT molecular complexity index is 742. The third-order valence-electron chi connectivity index (χ3n) is 5.19. The number of aromatic nitrogens is 1. The van der Waals surface area contributed by atoms with E-state index in [2.05, 4.69) is 4.98 Å². The first kappa shape index (κ1) is 21.0. The minimum Gasteiger partial charge on any atom is -0.474 e. The van der Waals surface area contributed by atoms with Crippen LogP contribution in [0.4, 0.5) is 0 Å². The quantitative estimate of drug-likeness (QED) is 0.634. The maximum atomic E-state index is 12.8. The second kappa shape index (κ2) is 9.67. The van der Waals surface area contributed by atoms with Gasteiger partial charge in [-0.15, -0.1) is 0 Å². The number of pyridine rings is 1. The lowest BCUT2D eigenvalue weighted by atomic mass is 9.95. The van der Waals surface area contributed by atoms with Crippen LogP contribution in [0.25, 0.3) is 0 Å². The van der Waals surface area contributed by atoms with Crippen molar-refractivity contribution >= 4 is 16.0 Å². The number of carbonyl (C=O) groups excluding carboxylic acids is 1. The van der Waals surface area contributed by atoms with Gasteiger partial charge in [0, 0.05) is 25.5 Å². The zero-order valence-corrected chi connectivity index (χ0v) is 17.0. The molecule has 0 saturated carbocycles. The van der Waals surface area contributed by atoms with Gasteiger partial charge in [0.1, 0.15) is 5.75 Å². The molecule has 0 amide bonds. The van der Waals surface area contributed by atoms with E-state index in [0.717, 1.165) is 19.3 Å². The van der Waals surface area contributed by atoms with Gasteiger partial charge in [-0.2, -0.15) is 4.31 Å². The van der Waals surface area contributed by atoms with Gasteiger partial charge in [0.25, 0.3) is 10.0 Å². The van der Waals surface area contributed by atoms with Crippen LogP contribution in [0.2, 0.25) is 0 Å². The van der Waals surface area contributed by atoms with Crippen LogP contribution in [0.3, 0.4) is 0 Å². The standard InChI is InChI=1S/C19H28N2O6S/c1-2-16-13-15(8-12-25-16)19(22)26-14-28(23,24)21-11-4-3-5-18(21)27-17-6-9-20-10-7-17/h6-7,9-10,15-16,18H,2-5,8,11-14H2,1H3. The fourth-order valence-corrected chi connectivity index (χ4v) is 4.90. The molecular weight excluding hydrogens is 384 g/mol. The minimum atomic E-state index is -3.79. The van der Waals surface area contributed by atoms with Crippen molar-refractivity contribution in [3.63, 3.8) is 0 Å². The van der Waals surface area contributed by atoms with E-state index in [-0.39, 0.29) is 12.0 Å². The Hall–Kier alpha value is -1.71. The van der Waals surface area contributed by atoms with Crippen LogP contribution in [0.5, 0.6) is 5.75 Å². The third-order valence-corrected chi connectivity index (χ3v) is 6.73. The van der Waals surface area contributed by atoms with Crippen molar-refractivity contribution in [1.29, 1.82) is 0 Å². The van der Waals surface area contributed by atoms with Crippen LogP contribution in [-0.2, 0) is 24.3 Å². The van der Waals surface area contributed by atoms with E-state index in [1.807, 2.05) is 6.92 Å². The van der Waals surface area contributed by atoms with Gasteiger partial charge in [-0.3, -0.25) is 9.78 Å². The normalized spacial score (nSPS) is 26.5. The first-order chi connectivity index (χ1) is 13.5. The van der Waals surface area contributed by atoms with Crippen molar-refractivity contribution < 1.29 is 27.4 Å². The van der Waals surface area contributed by atoms with E-state index >= 15 is 0 Å². The third kappa shape index (κ3) is 5.42. The molecule has 2 aliphatic heterocycles. The number of hydrogen-bond acceptors (Lipinski definition) is 7. The molecule has 3 heterocycles. The number of hydrogen-bond donors (Lipinski definition) is 0. The number of sulfonamides is 1. The Balaban J connectivity index is 1.59. The summed E-state index contributed by atoms with van der Waals surface area (Å²) in [6.45, 7) is 2.85. The summed E-state index contributed by atoms with van der Waals surface area (Å²) in [6.07, 6.45) is 6.79. The predicted molar refractivity (Wildman–Crippen MR) is 102 cm³/mol. The monoisotopic (exact) mass is 412 g/mol. The highest BCUT2D eigenvalue weighted by Crippen LogP contribution is 2.26. The van der Waals surface area contributed by atoms with Gasteiger partial charge in [0.05, 0.1) is 12.0 Å². The number of carbonyl (C=O) groups is 1. The van der Waals surface area contributed by atoms with Crippen LogP contribution in [0.1, 0.15) is 45.4 Å². The van der Waals surface area contributed by atoms with Gasteiger partial charge < -0.3 is 14.2 Å².